The largest absolute Gasteiger partial charge is 0.346 e. The van der Waals surface area contributed by atoms with Crippen molar-refractivity contribution in [1.29, 1.82) is 0 Å². The maximum Gasteiger partial charge on any atom is 0.251 e. The van der Waals surface area contributed by atoms with Crippen LogP contribution in [0.25, 0.3) is 0 Å². The van der Waals surface area contributed by atoms with Gasteiger partial charge >= 0.3 is 0 Å². The molecule has 0 atom stereocenters. The number of nitrogens with zero attached hydrogens (tertiary/aromatic N) is 2. The lowest BCUT2D eigenvalue weighted by Gasteiger charge is -2.30. The van der Waals surface area contributed by atoms with Crippen molar-refractivity contribution in [3.8, 4) is 0 Å². The van der Waals surface area contributed by atoms with Crippen molar-refractivity contribution >= 4 is 27.5 Å². The third-order valence-corrected chi connectivity index (χ3v) is 7.48. The second kappa shape index (κ2) is 11.2. The van der Waals surface area contributed by atoms with Gasteiger partial charge in [-0.3, -0.25) is 14.6 Å². The normalized spacial score (nSPS) is 15.3. The second-order valence-corrected chi connectivity index (χ2v) is 10.0. The zero-order valence-electron chi connectivity index (χ0n) is 18.3. The number of carbonyl (C=O) groups is 2. The van der Waals surface area contributed by atoms with Crippen LogP contribution in [-0.4, -0.2) is 48.4 Å². The summed E-state index contributed by atoms with van der Waals surface area (Å²) in [6, 6.07) is 12.3. The van der Waals surface area contributed by atoms with Crippen LogP contribution in [0.5, 0.6) is 0 Å². The molecule has 9 heteroatoms. The third-order valence-electron chi connectivity index (χ3n) is 5.52. The van der Waals surface area contributed by atoms with Crippen LogP contribution in [0, 0.1) is 5.92 Å². The van der Waals surface area contributed by atoms with Gasteiger partial charge in [0.05, 0.1) is 18.0 Å². The number of hydrogen-bond acceptors (Lipinski definition) is 5. The summed E-state index contributed by atoms with van der Waals surface area (Å²) in [5, 5.41) is 5.69. The van der Waals surface area contributed by atoms with Gasteiger partial charge in [-0.25, -0.2) is 12.7 Å². The fourth-order valence-corrected chi connectivity index (χ4v) is 5.29. The SMILES string of the molecule is CCCCS(=O)(=O)N1CCC(C(=O)Nc2cccc(C(=O)NCc3ccccn3)c2)CC1. The van der Waals surface area contributed by atoms with Crippen LogP contribution in [0.1, 0.15) is 48.7 Å². The predicted octanol–water partition coefficient (Wildman–Crippen LogP) is 2.79. The van der Waals surface area contributed by atoms with E-state index in [1.807, 2.05) is 25.1 Å². The summed E-state index contributed by atoms with van der Waals surface area (Å²) in [6.07, 6.45) is 4.12. The smallest absolute Gasteiger partial charge is 0.251 e. The highest BCUT2D eigenvalue weighted by atomic mass is 32.2. The number of unbranched alkanes of at least 4 members (excludes halogenated alkanes) is 1. The summed E-state index contributed by atoms with van der Waals surface area (Å²) in [5.74, 6) is -0.497. The van der Waals surface area contributed by atoms with E-state index in [4.69, 9.17) is 0 Å². The molecule has 0 saturated carbocycles. The van der Waals surface area contributed by atoms with Gasteiger partial charge in [-0.1, -0.05) is 25.5 Å². The van der Waals surface area contributed by atoms with Crippen molar-refractivity contribution in [3.63, 3.8) is 0 Å². The maximum atomic E-state index is 12.7. The molecule has 0 aliphatic carbocycles. The minimum atomic E-state index is -3.24. The Morgan fingerprint density at radius 3 is 2.59 bits per heavy atom. The molecule has 1 aromatic carbocycles. The van der Waals surface area contributed by atoms with Gasteiger partial charge in [-0.15, -0.1) is 0 Å². The molecule has 2 heterocycles. The van der Waals surface area contributed by atoms with E-state index < -0.39 is 10.0 Å². The maximum absolute atomic E-state index is 12.7. The molecule has 0 radical (unpaired) electrons. The molecule has 8 nitrogen and oxygen atoms in total. The van der Waals surface area contributed by atoms with E-state index in [2.05, 4.69) is 15.6 Å². The van der Waals surface area contributed by atoms with Gasteiger partial charge in [0.1, 0.15) is 0 Å². The quantitative estimate of drug-likeness (QED) is 0.601. The molecule has 3 rings (SSSR count). The predicted molar refractivity (Wildman–Crippen MR) is 123 cm³/mol. The van der Waals surface area contributed by atoms with Crippen LogP contribution in [0.2, 0.25) is 0 Å². The van der Waals surface area contributed by atoms with E-state index in [0.717, 1.165) is 12.1 Å². The molecule has 32 heavy (non-hydrogen) atoms. The number of benzene rings is 1. The topological polar surface area (TPSA) is 108 Å². The molecule has 1 saturated heterocycles. The number of aromatic nitrogens is 1. The Hall–Kier alpha value is -2.78. The molecule has 0 unspecified atom stereocenters. The monoisotopic (exact) mass is 458 g/mol. The van der Waals surface area contributed by atoms with Crippen molar-refractivity contribution in [2.45, 2.75) is 39.2 Å². The van der Waals surface area contributed by atoms with Crippen LogP contribution in [0.15, 0.2) is 48.7 Å². The first-order valence-electron chi connectivity index (χ1n) is 11.0. The number of carbonyl (C=O) groups excluding carboxylic acids is 2. The van der Waals surface area contributed by atoms with Crippen molar-refractivity contribution in [3.05, 3.63) is 59.9 Å². The van der Waals surface area contributed by atoms with E-state index >= 15 is 0 Å². The van der Waals surface area contributed by atoms with Gasteiger partial charge in [0, 0.05) is 36.5 Å². The lowest BCUT2D eigenvalue weighted by molar-refractivity contribution is -0.120. The lowest BCUT2D eigenvalue weighted by Crippen LogP contribution is -2.42. The molecule has 0 bridgehead atoms. The first-order valence-corrected chi connectivity index (χ1v) is 12.6. The molecule has 1 aromatic heterocycles. The van der Waals surface area contributed by atoms with Gasteiger partial charge in [0.25, 0.3) is 5.91 Å². The highest BCUT2D eigenvalue weighted by molar-refractivity contribution is 7.89. The Labute approximate surface area is 189 Å². The number of piperidine rings is 1. The number of anilines is 1. The molecule has 2 aromatic rings. The average Bonchev–Trinajstić information content (AvgIpc) is 2.82. The fourth-order valence-electron chi connectivity index (χ4n) is 3.61. The Bertz CT molecular complexity index is 1020. The average molecular weight is 459 g/mol. The van der Waals surface area contributed by atoms with Crippen LogP contribution in [0.3, 0.4) is 0 Å². The molecular formula is C23H30N4O4S. The highest BCUT2D eigenvalue weighted by Gasteiger charge is 2.30. The number of pyridine rings is 1. The molecule has 1 fully saturated rings. The van der Waals surface area contributed by atoms with Crippen LogP contribution >= 0.6 is 0 Å². The van der Waals surface area contributed by atoms with E-state index in [0.29, 0.717) is 50.1 Å². The van der Waals surface area contributed by atoms with Crippen molar-refractivity contribution in [2.24, 2.45) is 5.92 Å². The minimum absolute atomic E-state index is 0.151. The summed E-state index contributed by atoms with van der Waals surface area (Å²) < 4.78 is 26.2. The van der Waals surface area contributed by atoms with Crippen LogP contribution < -0.4 is 10.6 Å². The van der Waals surface area contributed by atoms with E-state index in [1.54, 1.807) is 30.5 Å². The molecule has 0 spiro atoms. The fraction of sp³-hybridized carbons (Fsp3) is 0.435. The van der Waals surface area contributed by atoms with Gasteiger partial charge in [0.15, 0.2) is 0 Å². The van der Waals surface area contributed by atoms with E-state index in [-0.39, 0.29) is 23.5 Å². The molecule has 2 N–H and O–H groups in total. The zero-order valence-corrected chi connectivity index (χ0v) is 19.1. The molecule has 2 amide bonds. The highest BCUT2D eigenvalue weighted by Crippen LogP contribution is 2.22. The van der Waals surface area contributed by atoms with E-state index in [9.17, 15) is 18.0 Å². The molecule has 1 aliphatic heterocycles. The Morgan fingerprint density at radius 1 is 1.12 bits per heavy atom. The van der Waals surface area contributed by atoms with Gasteiger partial charge in [-0.2, -0.15) is 0 Å². The number of sulfonamides is 1. The summed E-state index contributed by atoms with van der Waals surface area (Å²) in [6.45, 7) is 3.00. The van der Waals surface area contributed by atoms with Crippen LogP contribution in [0.4, 0.5) is 5.69 Å². The second-order valence-electron chi connectivity index (χ2n) is 7.92. The standard InChI is InChI=1S/C23H30N4O4S/c1-2-3-15-32(30,31)27-13-10-18(11-14-27)23(29)26-20-9-6-7-19(16-20)22(28)25-17-21-8-4-5-12-24-21/h4-9,12,16,18H,2-3,10-11,13-15,17H2,1H3,(H,25,28)(H,26,29). The minimum Gasteiger partial charge on any atom is -0.346 e. The number of rotatable bonds is 9. The molecule has 172 valence electrons. The van der Waals surface area contributed by atoms with Crippen LogP contribution in [-0.2, 0) is 21.4 Å². The summed E-state index contributed by atoms with van der Waals surface area (Å²) in [4.78, 5) is 29.3. The van der Waals surface area contributed by atoms with Crippen molar-refractivity contribution < 1.29 is 18.0 Å². The first-order chi connectivity index (χ1) is 15.4. The summed E-state index contributed by atoms with van der Waals surface area (Å²) in [7, 11) is -3.24. The van der Waals surface area contributed by atoms with Crippen molar-refractivity contribution in [1.82, 2.24) is 14.6 Å². The summed E-state index contributed by atoms with van der Waals surface area (Å²) in [5.41, 5.74) is 1.74. The van der Waals surface area contributed by atoms with E-state index in [1.165, 1.54) is 4.31 Å². The lowest BCUT2D eigenvalue weighted by atomic mass is 9.97. The zero-order chi connectivity index (χ0) is 23.0. The van der Waals surface area contributed by atoms with Gasteiger partial charge in [-0.05, 0) is 49.6 Å². The van der Waals surface area contributed by atoms with Gasteiger partial charge < -0.3 is 10.6 Å². The number of hydrogen-bond donors (Lipinski definition) is 2. The number of amides is 2. The number of nitrogens with one attached hydrogen (secondary N) is 2. The van der Waals surface area contributed by atoms with Gasteiger partial charge in [0.2, 0.25) is 15.9 Å². The first kappa shape index (κ1) is 23.9. The Kier molecular flexibility index (Phi) is 8.35. The Morgan fingerprint density at radius 2 is 1.91 bits per heavy atom. The Balaban J connectivity index is 1.52. The molecule has 1 aliphatic rings. The summed E-state index contributed by atoms with van der Waals surface area (Å²) >= 11 is 0. The third kappa shape index (κ3) is 6.61. The molecular weight excluding hydrogens is 428 g/mol. The van der Waals surface area contributed by atoms with Crippen molar-refractivity contribution in [2.75, 3.05) is 24.2 Å².